The number of aromatic hydroxyl groups is 1. The van der Waals surface area contributed by atoms with E-state index in [1.807, 2.05) is 26.0 Å². The van der Waals surface area contributed by atoms with Crippen molar-refractivity contribution in [1.29, 1.82) is 0 Å². The number of hydrogen-bond acceptors (Lipinski definition) is 7. The third-order valence-corrected chi connectivity index (χ3v) is 6.24. The van der Waals surface area contributed by atoms with Crippen LogP contribution >= 0.6 is 11.3 Å². The van der Waals surface area contributed by atoms with E-state index in [4.69, 9.17) is 9.98 Å². The lowest BCUT2D eigenvalue weighted by Gasteiger charge is -2.05. The molecule has 4 aromatic heterocycles. The fourth-order valence-corrected chi connectivity index (χ4v) is 4.19. The molecule has 0 aliphatic heterocycles. The lowest BCUT2D eigenvalue weighted by molar-refractivity contribution is 0.0953. The Bertz CT molecular complexity index is 1520. The van der Waals surface area contributed by atoms with E-state index in [9.17, 15) is 14.7 Å². The highest BCUT2D eigenvalue weighted by molar-refractivity contribution is 7.17. The molecule has 33 heavy (non-hydrogen) atoms. The summed E-state index contributed by atoms with van der Waals surface area (Å²) in [6.07, 6.45) is 5.29. The Morgan fingerprint density at radius 1 is 1.39 bits per heavy atom. The summed E-state index contributed by atoms with van der Waals surface area (Å²) in [6.45, 7) is 4.71. The van der Waals surface area contributed by atoms with Crippen molar-refractivity contribution >= 4 is 29.0 Å². The Morgan fingerprint density at radius 2 is 2.21 bits per heavy atom. The average molecular weight is 466 g/mol. The number of imidazole rings is 1. The Hall–Kier alpha value is -3.73. The summed E-state index contributed by atoms with van der Waals surface area (Å²) in [7, 11) is 0. The number of aromatic amines is 2. The molecule has 0 unspecified atom stereocenters. The zero-order valence-corrected chi connectivity index (χ0v) is 18.9. The fraction of sp³-hybridized carbons (Fsp3) is 0.318. The second-order valence-electron chi connectivity index (χ2n) is 8.45. The van der Waals surface area contributed by atoms with Gasteiger partial charge in [0.1, 0.15) is 5.69 Å². The van der Waals surface area contributed by atoms with Crippen molar-refractivity contribution in [1.82, 2.24) is 29.9 Å². The first-order valence-corrected chi connectivity index (χ1v) is 11.5. The lowest BCUT2D eigenvalue weighted by Crippen LogP contribution is -2.26. The van der Waals surface area contributed by atoms with Crippen LogP contribution in [0.25, 0.3) is 22.3 Å². The molecule has 1 aliphatic rings. The monoisotopic (exact) mass is 465 g/mol. The summed E-state index contributed by atoms with van der Waals surface area (Å²) in [5.41, 5.74) is 1.62. The highest BCUT2D eigenvalue weighted by Crippen LogP contribution is 2.27. The van der Waals surface area contributed by atoms with Gasteiger partial charge in [-0.15, -0.1) is 11.3 Å². The molecule has 5 rings (SSSR count). The number of fused-ring (bicyclic) bond motifs is 1. The van der Waals surface area contributed by atoms with E-state index in [-0.39, 0.29) is 23.5 Å². The zero-order valence-electron chi connectivity index (χ0n) is 18.1. The number of amides is 1. The van der Waals surface area contributed by atoms with Crippen molar-refractivity contribution in [2.75, 3.05) is 6.54 Å². The lowest BCUT2D eigenvalue weighted by atomic mass is 10.2. The molecule has 4 N–H and O–H groups in total. The first-order valence-electron chi connectivity index (χ1n) is 10.7. The van der Waals surface area contributed by atoms with E-state index >= 15 is 0 Å². The van der Waals surface area contributed by atoms with Gasteiger partial charge in [0.15, 0.2) is 11.1 Å². The Kier molecular flexibility index (Phi) is 5.33. The van der Waals surface area contributed by atoms with E-state index < -0.39 is 5.69 Å². The molecule has 0 atom stereocenters. The topological polar surface area (TPSA) is 141 Å². The highest BCUT2D eigenvalue weighted by atomic mass is 32.1. The minimum atomic E-state index is -0.504. The summed E-state index contributed by atoms with van der Waals surface area (Å²) in [5.74, 6) is 0.0119. The summed E-state index contributed by atoms with van der Waals surface area (Å²) in [5, 5.41) is 17.9. The normalized spacial score (nSPS) is 15.1. The van der Waals surface area contributed by atoms with Crippen molar-refractivity contribution in [3.8, 4) is 16.5 Å². The van der Waals surface area contributed by atoms with Crippen molar-refractivity contribution in [3.05, 3.63) is 56.2 Å². The van der Waals surface area contributed by atoms with Gasteiger partial charge in [-0.25, -0.2) is 9.78 Å². The molecule has 1 saturated carbocycles. The van der Waals surface area contributed by atoms with Crippen LogP contribution in [-0.2, 0) is 0 Å². The van der Waals surface area contributed by atoms with Gasteiger partial charge in [0.25, 0.3) is 5.91 Å². The summed E-state index contributed by atoms with van der Waals surface area (Å²) in [6, 6.07) is 5.82. The van der Waals surface area contributed by atoms with E-state index in [0.29, 0.717) is 39.4 Å². The number of carbonyl (C=O) groups is 1. The summed E-state index contributed by atoms with van der Waals surface area (Å²) < 4.78 is 1.65. The number of aromatic nitrogens is 5. The second-order valence-corrected chi connectivity index (χ2v) is 9.53. The van der Waals surface area contributed by atoms with Crippen molar-refractivity contribution in [3.63, 3.8) is 0 Å². The molecule has 11 heteroatoms. The Balaban J connectivity index is 1.61. The number of hydrogen-bond donors (Lipinski definition) is 4. The van der Waals surface area contributed by atoms with Crippen molar-refractivity contribution < 1.29 is 9.90 Å². The van der Waals surface area contributed by atoms with E-state index in [1.54, 1.807) is 22.9 Å². The standard InChI is InChI=1S/C22H23N7O3S/c1-11(2)9-23-21(31)17-6-5-16(33-17)14-8-18(25-13-3-4-13)29-19(26-14)12(10-24-29)7-15-20(30)28-22(32)27-15/h5-8,10-11,13,30H,3-4,9H2,1-2H3,(H,23,31)(H2,27,28,32). The first kappa shape index (κ1) is 21.1. The van der Waals surface area contributed by atoms with Crippen LogP contribution in [0.15, 0.2) is 34.2 Å². The maximum atomic E-state index is 12.5. The number of H-pyrrole nitrogens is 2. The van der Waals surface area contributed by atoms with E-state index in [1.165, 1.54) is 11.3 Å². The largest absolute Gasteiger partial charge is 0.493 e. The number of thiophene rings is 1. The van der Waals surface area contributed by atoms with Crippen LogP contribution in [0, 0.1) is 5.92 Å². The zero-order chi connectivity index (χ0) is 23.1. The van der Waals surface area contributed by atoms with Crippen LogP contribution in [0.1, 0.15) is 42.1 Å². The smallest absolute Gasteiger partial charge is 0.326 e. The Morgan fingerprint density at radius 3 is 2.91 bits per heavy atom. The van der Waals surface area contributed by atoms with Crippen molar-refractivity contribution in [2.45, 2.75) is 32.7 Å². The molecular weight excluding hydrogens is 442 g/mol. The van der Waals surface area contributed by atoms with Crippen LogP contribution < -0.4 is 21.7 Å². The molecule has 0 aromatic carbocycles. The molecule has 0 spiro atoms. The van der Waals surface area contributed by atoms with Gasteiger partial charge in [0.2, 0.25) is 5.88 Å². The molecular formula is C22H23N7O3S. The van der Waals surface area contributed by atoms with Gasteiger partial charge in [-0.3, -0.25) is 14.8 Å². The van der Waals surface area contributed by atoms with Gasteiger partial charge >= 0.3 is 5.69 Å². The molecule has 1 amide bonds. The minimum Gasteiger partial charge on any atom is -0.493 e. The van der Waals surface area contributed by atoms with Crippen molar-refractivity contribution in [2.24, 2.45) is 10.9 Å². The predicted octanol–water partition coefficient (Wildman–Crippen LogP) is 1.18. The van der Waals surface area contributed by atoms with Crippen LogP contribution in [0.3, 0.4) is 0 Å². The predicted molar refractivity (Wildman–Crippen MR) is 124 cm³/mol. The van der Waals surface area contributed by atoms with Gasteiger partial charge in [-0.05, 0) is 37.0 Å². The molecule has 1 aliphatic carbocycles. The van der Waals surface area contributed by atoms with Gasteiger partial charge in [0.05, 0.1) is 27.7 Å². The molecule has 10 nitrogen and oxygen atoms in total. The van der Waals surface area contributed by atoms with Crippen LogP contribution in [-0.4, -0.2) is 48.2 Å². The molecule has 4 heterocycles. The number of carbonyl (C=O) groups excluding carboxylic acids is 1. The second kappa shape index (κ2) is 8.32. The quantitative estimate of drug-likeness (QED) is 0.338. The van der Waals surface area contributed by atoms with E-state index in [0.717, 1.165) is 17.7 Å². The molecule has 1 fully saturated rings. The highest BCUT2D eigenvalue weighted by Gasteiger charge is 2.21. The fourth-order valence-electron chi connectivity index (χ4n) is 3.30. The van der Waals surface area contributed by atoms with E-state index in [2.05, 4.69) is 20.4 Å². The van der Waals surface area contributed by atoms with Gasteiger partial charge < -0.3 is 15.4 Å². The third kappa shape index (κ3) is 4.44. The maximum absolute atomic E-state index is 12.5. The van der Waals surface area contributed by atoms with Crippen LogP contribution in [0.4, 0.5) is 0 Å². The van der Waals surface area contributed by atoms with Gasteiger partial charge in [-0.2, -0.15) is 9.61 Å². The number of nitrogens with zero attached hydrogens (tertiary/aromatic N) is 4. The summed E-state index contributed by atoms with van der Waals surface area (Å²) >= 11 is 1.37. The molecule has 170 valence electrons. The first-order chi connectivity index (χ1) is 15.9. The van der Waals surface area contributed by atoms with Crippen LogP contribution in [0.5, 0.6) is 5.88 Å². The summed E-state index contributed by atoms with van der Waals surface area (Å²) in [4.78, 5) is 39.8. The van der Waals surface area contributed by atoms with Gasteiger partial charge in [0, 0.05) is 17.8 Å². The van der Waals surface area contributed by atoms with Gasteiger partial charge in [-0.1, -0.05) is 13.8 Å². The minimum absolute atomic E-state index is 0.103. The number of rotatable bonds is 6. The molecule has 0 radical (unpaired) electrons. The Labute approximate surface area is 191 Å². The molecule has 4 aromatic rings. The maximum Gasteiger partial charge on any atom is 0.326 e. The third-order valence-electron chi connectivity index (χ3n) is 5.13. The van der Waals surface area contributed by atoms with Crippen LogP contribution in [0.2, 0.25) is 0 Å². The number of nitrogens with one attached hydrogen (secondary N) is 3. The molecule has 0 bridgehead atoms. The SMILES string of the molecule is CC(C)CNC(=O)c1ccc(-c2cc(=NC3CC3)n3ncc(=Cc4[nH]c(=O)[nH]c4O)c3n2)s1. The molecule has 0 saturated heterocycles. The average Bonchev–Trinajstić information content (AvgIpc) is 3.16.